The molecule has 0 spiro atoms. The van der Waals surface area contributed by atoms with Crippen LogP contribution in [0.3, 0.4) is 0 Å². The molecule has 0 unspecified atom stereocenters. The Balaban J connectivity index is -0.000000648. The van der Waals surface area contributed by atoms with Crippen LogP contribution >= 0.6 is 0 Å². The first-order valence-electron chi connectivity index (χ1n) is 16.0. The second kappa shape index (κ2) is 32.8. The number of hydrogen-bond acceptors (Lipinski definition) is 6. The van der Waals surface area contributed by atoms with Gasteiger partial charge in [-0.05, 0) is 12.8 Å². The van der Waals surface area contributed by atoms with Gasteiger partial charge >= 0.3 is 17.1 Å². The zero-order chi connectivity index (χ0) is 28.8. The molecule has 0 aromatic heterocycles. The molecule has 0 aromatic rings. The Kier molecular flexibility index (Phi) is 36.9. The fourth-order valence-corrected chi connectivity index (χ4v) is 5.71. The number of hydrogen-bond donors (Lipinski definition) is 0. The van der Waals surface area contributed by atoms with E-state index in [1.165, 1.54) is 128 Å². The normalized spacial score (nSPS) is 11.6. The van der Waals surface area contributed by atoms with E-state index in [0.717, 1.165) is 25.7 Å². The molecule has 0 aliphatic heterocycles. The Morgan fingerprint density at radius 2 is 0.487 bits per heavy atom. The Hall–Kier alpha value is 0.339. The van der Waals surface area contributed by atoms with Crippen molar-refractivity contribution in [1.29, 1.82) is 0 Å². The Bertz CT molecular complexity index is 611. The van der Waals surface area contributed by atoms with Gasteiger partial charge in [-0.2, -0.15) is 0 Å². The van der Waals surface area contributed by atoms with E-state index in [9.17, 15) is 25.9 Å². The minimum Gasteiger partial charge on any atom is -0.748 e. The minimum absolute atomic E-state index is 0. The summed E-state index contributed by atoms with van der Waals surface area (Å²) in [5.74, 6) is -0.379. The molecule has 0 saturated carbocycles. The van der Waals surface area contributed by atoms with Crippen LogP contribution in [0.5, 0.6) is 0 Å². The zero-order valence-electron chi connectivity index (χ0n) is 25.4. The van der Waals surface area contributed by atoms with Gasteiger partial charge in [-0.1, -0.05) is 168 Å². The van der Waals surface area contributed by atoms with E-state index >= 15 is 0 Å². The molecule has 0 heterocycles. The van der Waals surface area contributed by atoms with Gasteiger partial charge in [0.15, 0.2) is 0 Å². The van der Waals surface area contributed by atoms with E-state index in [4.69, 9.17) is 0 Å². The summed E-state index contributed by atoms with van der Waals surface area (Å²) >= 11 is 0. The van der Waals surface area contributed by atoms with Crippen molar-refractivity contribution >= 4 is 20.2 Å². The maximum atomic E-state index is 10.4. The van der Waals surface area contributed by atoms with Crippen molar-refractivity contribution in [3.63, 3.8) is 0 Å². The molecule has 0 aliphatic rings. The fourth-order valence-electron chi connectivity index (χ4n) is 4.59. The largest absolute Gasteiger partial charge is 2.00 e. The number of unbranched alkanes of at least 4 members (excludes halogenated alkanes) is 24. The van der Waals surface area contributed by atoms with E-state index in [1.54, 1.807) is 0 Å². The SMILES string of the molecule is CCCCCCCCCCCCCCCS(=O)(=O)[O-].CCCCCCCCCCCCCCCS(=O)(=O)[O-].[Fe+2]. The molecule has 0 aliphatic carbocycles. The van der Waals surface area contributed by atoms with Crippen LogP contribution < -0.4 is 0 Å². The maximum Gasteiger partial charge on any atom is 2.00 e. The van der Waals surface area contributed by atoms with Crippen LogP contribution in [-0.4, -0.2) is 37.4 Å². The van der Waals surface area contributed by atoms with Crippen molar-refractivity contribution in [1.82, 2.24) is 0 Å². The topological polar surface area (TPSA) is 114 Å². The second-order valence-corrected chi connectivity index (χ2v) is 14.1. The molecule has 39 heavy (non-hydrogen) atoms. The van der Waals surface area contributed by atoms with E-state index in [0.29, 0.717) is 12.8 Å². The van der Waals surface area contributed by atoms with Crippen molar-refractivity contribution in [2.75, 3.05) is 11.5 Å². The summed E-state index contributed by atoms with van der Waals surface area (Å²) in [6.07, 6.45) is 31.4. The van der Waals surface area contributed by atoms with Gasteiger partial charge in [-0.3, -0.25) is 0 Å². The van der Waals surface area contributed by atoms with E-state index in [2.05, 4.69) is 13.8 Å². The molecule has 0 fully saturated rings. The molecule has 0 atom stereocenters. The molecule has 0 radical (unpaired) electrons. The summed E-state index contributed by atoms with van der Waals surface area (Å²) in [4.78, 5) is 0. The Morgan fingerprint density at radius 1 is 0.333 bits per heavy atom. The molecule has 238 valence electrons. The third kappa shape index (κ3) is 48.4. The standard InChI is InChI=1S/2C15H32O3S.Fe/c2*1-2-3-4-5-6-7-8-9-10-11-12-13-14-15-19(16,17)18;/h2*2-15H2,1H3,(H,16,17,18);/q;;+2/p-2. The van der Waals surface area contributed by atoms with Crippen LogP contribution in [0.25, 0.3) is 0 Å². The minimum atomic E-state index is -3.99. The summed E-state index contributed by atoms with van der Waals surface area (Å²) in [5.41, 5.74) is 0. The van der Waals surface area contributed by atoms with Gasteiger partial charge in [-0.15, -0.1) is 0 Å². The maximum absolute atomic E-state index is 10.4. The smallest absolute Gasteiger partial charge is 0.748 e. The number of rotatable bonds is 28. The summed E-state index contributed by atoms with van der Waals surface area (Å²) in [5, 5.41) is 0. The molecule has 0 bridgehead atoms. The van der Waals surface area contributed by atoms with Gasteiger partial charge in [0, 0.05) is 11.5 Å². The van der Waals surface area contributed by atoms with Gasteiger partial charge in [-0.25, -0.2) is 16.8 Å². The average Bonchev–Trinajstić information content (AvgIpc) is 2.84. The van der Waals surface area contributed by atoms with Crippen molar-refractivity contribution in [3.8, 4) is 0 Å². The summed E-state index contributed by atoms with van der Waals surface area (Å²) in [6, 6.07) is 0. The van der Waals surface area contributed by atoms with Gasteiger partial charge in [0.05, 0.1) is 20.2 Å². The zero-order valence-corrected chi connectivity index (χ0v) is 28.2. The van der Waals surface area contributed by atoms with Crippen molar-refractivity contribution < 1.29 is 43.0 Å². The molecule has 0 rings (SSSR count). The van der Waals surface area contributed by atoms with Crippen LogP contribution in [-0.2, 0) is 37.3 Å². The van der Waals surface area contributed by atoms with Crippen LogP contribution in [0, 0.1) is 0 Å². The molecule has 0 N–H and O–H groups in total. The van der Waals surface area contributed by atoms with Gasteiger partial charge < -0.3 is 9.11 Å². The third-order valence-electron chi connectivity index (χ3n) is 7.00. The first-order valence-corrected chi connectivity index (χ1v) is 19.1. The first-order chi connectivity index (χ1) is 18.1. The molecule has 6 nitrogen and oxygen atoms in total. The van der Waals surface area contributed by atoms with Crippen molar-refractivity contribution in [2.45, 2.75) is 181 Å². The van der Waals surface area contributed by atoms with E-state index in [-0.39, 0.29) is 28.6 Å². The van der Waals surface area contributed by atoms with Crippen LogP contribution in [0.1, 0.15) is 181 Å². The van der Waals surface area contributed by atoms with E-state index in [1.807, 2.05) is 0 Å². The van der Waals surface area contributed by atoms with Gasteiger partial charge in [0.25, 0.3) is 0 Å². The molecule has 0 amide bonds. The second-order valence-electron chi connectivity index (χ2n) is 11.0. The van der Waals surface area contributed by atoms with Crippen molar-refractivity contribution in [3.05, 3.63) is 0 Å². The van der Waals surface area contributed by atoms with Crippen molar-refractivity contribution in [2.24, 2.45) is 0 Å². The summed E-state index contributed by atoms with van der Waals surface area (Å²) in [7, 11) is -7.98. The molecule has 9 heteroatoms. The predicted octanol–water partition coefficient (Wildman–Crippen LogP) is 9.24. The van der Waals surface area contributed by atoms with Crippen LogP contribution in [0.15, 0.2) is 0 Å². The first kappa shape index (κ1) is 43.8. The summed E-state index contributed by atoms with van der Waals surface area (Å²) < 4.78 is 62.3. The molecular formula is C30H62FeO6S2. The quantitative estimate of drug-likeness (QED) is 0.0479. The van der Waals surface area contributed by atoms with Gasteiger partial charge in [0.2, 0.25) is 0 Å². The summed E-state index contributed by atoms with van der Waals surface area (Å²) in [6.45, 7) is 4.49. The van der Waals surface area contributed by atoms with Gasteiger partial charge in [0.1, 0.15) is 0 Å². The molecule has 0 aromatic carbocycles. The molecular weight excluding hydrogens is 576 g/mol. The third-order valence-corrected chi connectivity index (χ3v) is 8.57. The fraction of sp³-hybridized carbons (Fsp3) is 1.00. The average molecular weight is 639 g/mol. The van der Waals surface area contributed by atoms with E-state index < -0.39 is 20.2 Å². The predicted molar refractivity (Wildman–Crippen MR) is 161 cm³/mol. The van der Waals surface area contributed by atoms with Crippen LogP contribution in [0.2, 0.25) is 0 Å². The van der Waals surface area contributed by atoms with Crippen LogP contribution in [0.4, 0.5) is 0 Å². The Morgan fingerprint density at radius 3 is 0.641 bits per heavy atom. The molecule has 0 saturated heterocycles. The monoisotopic (exact) mass is 638 g/mol. The Labute approximate surface area is 254 Å².